The molecule has 17 heavy (non-hydrogen) atoms. The first kappa shape index (κ1) is 13.3. The molecule has 0 amide bonds. The molecule has 1 aliphatic heterocycles. The minimum Gasteiger partial charge on any atom is -0.374 e. The van der Waals surface area contributed by atoms with Gasteiger partial charge in [-0.15, -0.1) is 0 Å². The van der Waals surface area contributed by atoms with Gasteiger partial charge in [0.1, 0.15) is 0 Å². The third-order valence-electron chi connectivity index (χ3n) is 4.45. The molecule has 2 aliphatic rings. The largest absolute Gasteiger partial charge is 0.374 e. The zero-order chi connectivity index (χ0) is 12.1. The van der Waals surface area contributed by atoms with Crippen LogP contribution >= 0.6 is 0 Å². The molecule has 0 radical (unpaired) electrons. The lowest BCUT2D eigenvalue weighted by atomic mass is 9.83. The average molecular weight is 240 g/mol. The first-order valence-electron chi connectivity index (χ1n) is 7.32. The summed E-state index contributed by atoms with van der Waals surface area (Å²) < 4.78 is 5.79. The Morgan fingerprint density at radius 3 is 2.94 bits per heavy atom. The van der Waals surface area contributed by atoms with Crippen LogP contribution in [0.1, 0.15) is 39.0 Å². The minimum atomic E-state index is 0.399. The van der Waals surface area contributed by atoms with Gasteiger partial charge >= 0.3 is 0 Å². The zero-order valence-corrected chi connectivity index (χ0v) is 11.5. The fourth-order valence-corrected chi connectivity index (χ4v) is 3.24. The van der Waals surface area contributed by atoms with Gasteiger partial charge in [-0.2, -0.15) is 0 Å². The van der Waals surface area contributed by atoms with Crippen molar-refractivity contribution in [1.29, 1.82) is 0 Å². The third-order valence-corrected chi connectivity index (χ3v) is 4.45. The highest BCUT2D eigenvalue weighted by atomic mass is 16.5. The summed E-state index contributed by atoms with van der Waals surface area (Å²) in [4.78, 5) is 2.54. The molecule has 1 heterocycles. The van der Waals surface area contributed by atoms with E-state index in [2.05, 4.69) is 24.2 Å². The summed E-state index contributed by atoms with van der Waals surface area (Å²) in [5, 5.41) is 3.41. The van der Waals surface area contributed by atoms with Crippen LogP contribution in [0.4, 0.5) is 0 Å². The highest BCUT2D eigenvalue weighted by Crippen LogP contribution is 2.29. The molecular formula is C14H28N2O. The van der Waals surface area contributed by atoms with Crippen LogP contribution in [0.5, 0.6) is 0 Å². The second kappa shape index (κ2) is 6.72. The molecule has 0 bridgehead atoms. The molecule has 0 spiro atoms. The van der Waals surface area contributed by atoms with E-state index in [0.717, 1.165) is 38.2 Å². The summed E-state index contributed by atoms with van der Waals surface area (Å²) in [7, 11) is 2.28. The van der Waals surface area contributed by atoms with E-state index in [0.29, 0.717) is 6.10 Å². The van der Waals surface area contributed by atoms with E-state index in [1.807, 2.05) is 0 Å². The monoisotopic (exact) mass is 240 g/mol. The van der Waals surface area contributed by atoms with Crippen LogP contribution in [0.15, 0.2) is 0 Å². The van der Waals surface area contributed by atoms with Crippen molar-refractivity contribution in [2.24, 2.45) is 5.92 Å². The summed E-state index contributed by atoms with van der Waals surface area (Å²) >= 11 is 0. The number of nitrogens with zero attached hydrogens (tertiary/aromatic N) is 1. The standard InChI is InChI=1S/C14H28N2O/c1-3-12-5-4-6-13(9-12)16(2)11-14-10-15-7-8-17-14/h12-15H,3-11H2,1-2H3. The smallest absolute Gasteiger partial charge is 0.0826 e. The van der Waals surface area contributed by atoms with Crippen LogP contribution in [-0.2, 0) is 4.74 Å². The van der Waals surface area contributed by atoms with Gasteiger partial charge in [-0.3, -0.25) is 0 Å². The predicted molar refractivity (Wildman–Crippen MR) is 71.3 cm³/mol. The van der Waals surface area contributed by atoms with Crippen molar-refractivity contribution in [3.63, 3.8) is 0 Å². The SMILES string of the molecule is CCC1CCCC(N(C)CC2CNCCO2)C1. The van der Waals surface area contributed by atoms with Crippen LogP contribution in [0, 0.1) is 5.92 Å². The Bertz CT molecular complexity index is 216. The van der Waals surface area contributed by atoms with E-state index in [1.54, 1.807) is 0 Å². The highest BCUT2D eigenvalue weighted by Gasteiger charge is 2.26. The molecule has 3 atom stereocenters. The molecule has 3 heteroatoms. The van der Waals surface area contributed by atoms with Gasteiger partial charge in [0.25, 0.3) is 0 Å². The lowest BCUT2D eigenvalue weighted by Gasteiger charge is -2.37. The van der Waals surface area contributed by atoms with E-state index < -0.39 is 0 Å². The molecule has 1 aliphatic carbocycles. The van der Waals surface area contributed by atoms with Gasteiger partial charge in [-0.1, -0.05) is 26.2 Å². The fourth-order valence-electron chi connectivity index (χ4n) is 3.24. The van der Waals surface area contributed by atoms with Crippen molar-refractivity contribution >= 4 is 0 Å². The van der Waals surface area contributed by atoms with Gasteiger partial charge in [0.05, 0.1) is 12.7 Å². The quantitative estimate of drug-likeness (QED) is 0.812. The summed E-state index contributed by atoms with van der Waals surface area (Å²) in [5.74, 6) is 0.960. The molecule has 0 aromatic heterocycles. The zero-order valence-electron chi connectivity index (χ0n) is 11.5. The maximum Gasteiger partial charge on any atom is 0.0826 e. The van der Waals surface area contributed by atoms with E-state index in [-0.39, 0.29) is 0 Å². The second-order valence-electron chi connectivity index (χ2n) is 5.73. The molecule has 1 saturated carbocycles. The first-order chi connectivity index (χ1) is 8.29. The van der Waals surface area contributed by atoms with Crippen LogP contribution in [0.2, 0.25) is 0 Å². The molecule has 0 aromatic carbocycles. The topological polar surface area (TPSA) is 24.5 Å². The van der Waals surface area contributed by atoms with Crippen molar-refractivity contribution < 1.29 is 4.74 Å². The number of likely N-dealkylation sites (N-methyl/N-ethyl adjacent to an activating group) is 1. The predicted octanol–water partition coefficient (Wildman–Crippen LogP) is 1.88. The van der Waals surface area contributed by atoms with Gasteiger partial charge in [0.2, 0.25) is 0 Å². The normalized spacial score (nSPS) is 35.1. The van der Waals surface area contributed by atoms with Crippen LogP contribution in [0.3, 0.4) is 0 Å². The Labute approximate surface area is 106 Å². The molecule has 1 saturated heterocycles. The number of ether oxygens (including phenoxy) is 1. The molecule has 0 aromatic rings. The van der Waals surface area contributed by atoms with Crippen molar-refractivity contribution in [2.45, 2.75) is 51.2 Å². The molecule has 2 rings (SSSR count). The van der Waals surface area contributed by atoms with E-state index in [4.69, 9.17) is 4.74 Å². The van der Waals surface area contributed by atoms with Gasteiger partial charge in [0, 0.05) is 25.7 Å². The maximum atomic E-state index is 5.79. The average Bonchev–Trinajstić information content (AvgIpc) is 2.40. The molecule has 3 nitrogen and oxygen atoms in total. The van der Waals surface area contributed by atoms with Gasteiger partial charge in [-0.25, -0.2) is 0 Å². The Morgan fingerprint density at radius 1 is 1.35 bits per heavy atom. The van der Waals surface area contributed by atoms with Crippen LogP contribution in [-0.4, -0.2) is 50.3 Å². The van der Waals surface area contributed by atoms with Gasteiger partial charge in [0.15, 0.2) is 0 Å². The van der Waals surface area contributed by atoms with Crippen LogP contribution < -0.4 is 5.32 Å². The summed E-state index contributed by atoms with van der Waals surface area (Å²) in [6.45, 7) is 6.34. The van der Waals surface area contributed by atoms with E-state index >= 15 is 0 Å². The summed E-state index contributed by atoms with van der Waals surface area (Å²) in [5.41, 5.74) is 0. The molecule has 100 valence electrons. The lowest BCUT2D eigenvalue weighted by molar-refractivity contribution is -0.00255. The lowest BCUT2D eigenvalue weighted by Crippen LogP contribution is -2.47. The molecule has 2 fully saturated rings. The van der Waals surface area contributed by atoms with E-state index in [9.17, 15) is 0 Å². The number of morpholine rings is 1. The fraction of sp³-hybridized carbons (Fsp3) is 1.00. The molecule has 3 unspecified atom stereocenters. The first-order valence-corrected chi connectivity index (χ1v) is 7.32. The summed E-state index contributed by atoms with van der Waals surface area (Å²) in [6.07, 6.45) is 7.39. The molecular weight excluding hydrogens is 212 g/mol. The number of rotatable bonds is 4. The third kappa shape index (κ3) is 3.94. The summed E-state index contributed by atoms with van der Waals surface area (Å²) in [6, 6.07) is 0.791. The van der Waals surface area contributed by atoms with E-state index in [1.165, 1.54) is 32.1 Å². The number of nitrogens with one attached hydrogen (secondary N) is 1. The second-order valence-corrected chi connectivity index (χ2v) is 5.73. The Morgan fingerprint density at radius 2 is 2.24 bits per heavy atom. The van der Waals surface area contributed by atoms with Crippen molar-refractivity contribution in [1.82, 2.24) is 10.2 Å². The van der Waals surface area contributed by atoms with Crippen molar-refractivity contribution in [3.05, 3.63) is 0 Å². The minimum absolute atomic E-state index is 0.399. The highest BCUT2D eigenvalue weighted by molar-refractivity contribution is 4.81. The number of hydrogen-bond acceptors (Lipinski definition) is 3. The van der Waals surface area contributed by atoms with Crippen LogP contribution in [0.25, 0.3) is 0 Å². The molecule has 1 N–H and O–H groups in total. The van der Waals surface area contributed by atoms with Crippen molar-refractivity contribution in [3.8, 4) is 0 Å². The maximum absolute atomic E-state index is 5.79. The van der Waals surface area contributed by atoms with Gasteiger partial charge < -0.3 is 15.0 Å². The number of hydrogen-bond donors (Lipinski definition) is 1. The van der Waals surface area contributed by atoms with Crippen molar-refractivity contribution in [2.75, 3.05) is 33.3 Å². The Hall–Kier alpha value is -0.120. The Kier molecular flexibility index (Phi) is 5.26. The van der Waals surface area contributed by atoms with Gasteiger partial charge in [-0.05, 0) is 25.8 Å². The Balaban J connectivity index is 1.75.